The molecule has 19 heavy (non-hydrogen) atoms. The van der Waals surface area contributed by atoms with Crippen LogP contribution in [0.15, 0.2) is 30.6 Å². The van der Waals surface area contributed by atoms with Crippen LogP contribution in [0.25, 0.3) is 5.69 Å². The lowest BCUT2D eigenvalue weighted by atomic mass is 10.1. The molecule has 1 heterocycles. The minimum Gasteiger partial charge on any atom is -0.481 e. The number of carboxylic acid groups (broad SMARTS) is 1. The van der Waals surface area contributed by atoms with Crippen molar-refractivity contribution in [3.8, 4) is 5.69 Å². The average Bonchev–Trinajstić information content (AvgIpc) is 2.86. The third-order valence-corrected chi connectivity index (χ3v) is 2.93. The maximum Gasteiger partial charge on any atom is 0.303 e. The molecule has 0 aliphatic carbocycles. The van der Waals surface area contributed by atoms with Gasteiger partial charge in [0.2, 0.25) is 0 Å². The van der Waals surface area contributed by atoms with Crippen LogP contribution in [0.4, 0.5) is 0 Å². The zero-order valence-corrected chi connectivity index (χ0v) is 11.1. The average molecular weight is 259 g/mol. The highest BCUT2D eigenvalue weighted by molar-refractivity contribution is 5.67. The molecule has 1 N–H and O–H groups in total. The van der Waals surface area contributed by atoms with Gasteiger partial charge in [-0.05, 0) is 24.1 Å². The Hall–Kier alpha value is -2.17. The fourth-order valence-corrected chi connectivity index (χ4v) is 1.91. The van der Waals surface area contributed by atoms with Crippen molar-refractivity contribution in [1.82, 2.24) is 14.8 Å². The minimum absolute atomic E-state index is 0.156. The summed E-state index contributed by atoms with van der Waals surface area (Å²) in [5, 5.41) is 16.7. The van der Waals surface area contributed by atoms with Crippen LogP contribution >= 0.6 is 0 Å². The van der Waals surface area contributed by atoms with E-state index in [0.717, 1.165) is 17.1 Å². The van der Waals surface area contributed by atoms with E-state index in [9.17, 15) is 4.79 Å². The third-order valence-electron chi connectivity index (χ3n) is 2.93. The molecule has 0 saturated heterocycles. The topological polar surface area (TPSA) is 68.0 Å². The van der Waals surface area contributed by atoms with Gasteiger partial charge in [-0.15, -0.1) is 10.2 Å². The fourth-order valence-electron chi connectivity index (χ4n) is 1.91. The maximum atomic E-state index is 10.5. The van der Waals surface area contributed by atoms with E-state index in [-0.39, 0.29) is 6.42 Å². The Bertz CT molecular complexity index is 558. The zero-order valence-electron chi connectivity index (χ0n) is 11.1. The molecular weight excluding hydrogens is 242 g/mol. The second kappa shape index (κ2) is 5.65. The first kappa shape index (κ1) is 13.3. The second-order valence-electron chi connectivity index (χ2n) is 4.77. The molecule has 2 aromatic rings. The lowest BCUT2D eigenvalue weighted by Crippen LogP contribution is -2.02. The van der Waals surface area contributed by atoms with E-state index in [1.807, 2.05) is 28.8 Å². The van der Waals surface area contributed by atoms with E-state index in [1.165, 1.54) is 0 Å². The van der Waals surface area contributed by atoms with Gasteiger partial charge in [-0.3, -0.25) is 9.36 Å². The molecule has 5 heteroatoms. The van der Waals surface area contributed by atoms with Crippen LogP contribution in [0, 0.1) is 0 Å². The Morgan fingerprint density at radius 3 is 2.58 bits per heavy atom. The number of carbonyl (C=O) groups is 1. The van der Waals surface area contributed by atoms with Gasteiger partial charge in [0.25, 0.3) is 0 Å². The van der Waals surface area contributed by atoms with Crippen LogP contribution in [-0.2, 0) is 11.2 Å². The molecule has 2 rings (SSSR count). The molecule has 0 atom stereocenters. The quantitative estimate of drug-likeness (QED) is 0.895. The van der Waals surface area contributed by atoms with Crippen molar-refractivity contribution in [1.29, 1.82) is 0 Å². The number of aliphatic carboxylic acids is 1. The summed E-state index contributed by atoms with van der Waals surface area (Å²) in [4.78, 5) is 10.5. The van der Waals surface area contributed by atoms with Crippen molar-refractivity contribution >= 4 is 5.97 Å². The van der Waals surface area contributed by atoms with E-state index in [2.05, 4.69) is 24.0 Å². The van der Waals surface area contributed by atoms with Crippen molar-refractivity contribution < 1.29 is 9.90 Å². The third kappa shape index (κ3) is 3.19. The van der Waals surface area contributed by atoms with Crippen molar-refractivity contribution in [2.75, 3.05) is 0 Å². The summed E-state index contributed by atoms with van der Waals surface area (Å²) < 4.78 is 1.95. The Kier molecular flexibility index (Phi) is 3.94. The van der Waals surface area contributed by atoms with Gasteiger partial charge in [0.1, 0.15) is 12.2 Å². The first-order chi connectivity index (χ1) is 9.08. The lowest BCUT2D eigenvalue weighted by molar-refractivity contribution is -0.136. The van der Waals surface area contributed by atoms with Crippen molar-refractivity contribution in [2.45, 2.75) is 32.6 Å². The highest BCUT2D eigenvalue weighted by Crippen LogP contribution is 2.17. The second-order valence-corrected chi connectivity index (χ2v) is 4.77. The van der Waals surface area contributed by atoms with Gasteiger partial charge >= 0.3 is 5.97 Å². The Morgan fingerprint density at radius 1 is 1.32 bits per heavy atom. The van der Waals surface area contributed by atoms with Gasteiger partial charge in [-0.2, -0.15) is 0 Å². The number of aromatic nitrogens is 3. The highest BCUT2D eigenvalue weighted by atomic mass is 16.4. The molecular formula is C14H17N3O2. The Morgan fingerprint density at radius 2 is 2.00 bits per heavy atom. The smallest absolute Gasteiger partial charge is 0.303 e. The molecule has 0 bridgehead atoms. The van der Waals surface area contributed by atoms with Crippen molar-refractivity contribution in [3.63, 3.8) is 0 Å². The first-order valence-corrected chi connectivity index (χ1v) is 6.29. The van der Waals surface area contributed by atoms with Crippen LogP contribution in [-0.4, -0.2) is 25.8 Å². The Labute approximate surface area is 111 Å². The molecule has 0 aliphatic heterocycles. The number of carboxylic acids is 1. The summed E-state index contributed by atoms with van der Waals surface area (Å²) in [7, 11) is 0. The molecule has 0 amide bonds. The van der Waals surface area contributed by atoms with E-state index in [0.29, 0.717) is 12.3 Å². The number of hydrogen-bond donors (Lipinski definition) is 1. The lowest BCUT2D eigenvalue weighted by Gasteiger charge is -2.09. The summed E-state index contributed by atoms with van der Waals surface area (Å²) >= 11 is 0. The number of benzene rings is 1. The van der Waals surface area contributed by atoms with Gasteiger partial charge < -0.3 is 5.11 Å². The van der Waals surface area contributed by atoms with E-state index in [4.69, 9.17) is 5.11 Å². The number of hydrogen-bond acceptors (Lipinski definition) is 3. The first-order valence-electron chi connectivity index (χ1n) is 6.29. The molecule has 1 aromatic carbocycles. The Balaban J connectivity index is 2.18. The summed E-state index contributed by atoms with van der Waals surface area (Å²) in [6.45, 7) is 4.14. The SMILES string of the molecule is CC(C)c1nncn1-c1ccc(CCC(=O)O)cc1. The molecule has 1 aromatic heterocycles. The van der Waals surface area contributed by atoms with E-state index in [1.54, 1.807) is 6.33 Å². The largest absolute Gasteiger partial charge is 0.481 e. The molecule has 0 radical (unpaired) electrons. The summed E-state index contributed by atoms with van der Waals surface area (Å²) in [6.07, 6.45) is 2.40. The van der Waals surface area contributed by atoms with Gasteiger partial charge in [-0.25, -0.2) is 0 Å². The molecule has 0 unspecified atom stereocenters. The fraction of sp³-hybridized carbons (Fsp3) is 0.357. The van der Waals surface area contributed by atoms with Gasteiger partial charge in [0.15, 0.2) is 0 Å². The molecule has 100 valence electrons. The molecule has 0 saturated carbocycles. The van der Waals surface area contributed by atoms with Crippen LogP contribution in [0.1, 0.15) is 37.6 Å². The van der Waals surface area contributed by atoms with Crippen molar-refractivity contribution in [2.24, 2.45) is 0 Å². The molecule has 0 aliphatic rings. The predicted octanol–water partition coefficient (Wildman–Crippen LogP) is 2.41. The predicted molar refractivity (Wildman–Crippen MR) is 71.4 cm³/mol. The van der Waals surface area contributed by atoms with Crippen LogP contribution in [0.5, 0.6) is 0 Å². The molecule has 0 spiro atoms. The van der Waals surface area contributed by atoms with E-state index >= 15 is 0 Å². The van der Waals surface area contributed by atoms with Crippen LogP contribution in [0.3, 0.4) is 0 Å². The van der Waals surface area contributed by atoms with Crippen LogP contribution in [0.2, 0.25) is 0 Å². The van der Waals surface area contributed by atoms with Crippen LogP contribution < -0.4 is 0 Å². The summed E-state index contributed by atoms with van der Waals surface area (Å²) in [5.41, 5.74) is 2.01. The standard InChI is InChI=1S/C14H17N3O2/c1-10(2)14-16-15-9-17(14)12-6-3-11(4-7-12)5-8-13(18)19/h3-4,6-7,9-10H,5,8H2,1-2H3,(H,18,19). The van der Waals surface area contributed by atoms with Gasteiger partial charge in [0.05, 0.1) is 0 Å². The summed E-state index contributed by atoms with van der Waals surface area (Å²) in [5.74, 6) is 0.442. The van der Waals surface area contributed by atoms with Crippen molar-refractivity contribution in [3.05, 3.63) is 42.0 Å². The van der Waals surface area contributed by atoms with Gasteiger partial charge in [-0.1, -0.05) is 26.0 Å². The summed E-state index contributed by atoms with van der Waals surface area (Å²) in [6, 6.07) is 7.82. The number of aryl methyl sites for hydroxylation is 1. The molecule has 0 fully saturated rings. The minimum atomic E-state index is -0.773. The van der Waals surface area contributed by atoms with E-state index < -0.39 is 5.97 Å². The normalized spacial score (nSPS) is 10.9. The highest BCUT2D eigenvalue weighted by Gasteiger charge is 2.09. The maximum absolute atomic E-state index is 10.5. The number of nitrogens with zero attached hydrogens (tertiary/aromatic N) is 3. The monoisotopic (exact) mass is 259 g/mol. The van der Waals surface area contributed by atoms with Gasteiger partial charge in [0, 0.05) is 18.0 Å². The zero-order chi connectivity index (χ0) is 13.8. The molecule has 5 nitrogen and oxygen atoms in total. The number of rotatable bonds is 5.